The number of amides is 1. The van der Waals surface area contributed by atoms with E-state index in [9.17, 15) is 14.4 Å². The summed E-state index contributed by atoms with van der Waals surface area (Å²) in [7, 11) is 1.44. The lowest BCUT2D eigenvalue weighted by Crippen LogP contribution is -2.16. The number of halogens is 1. The number of nitrogens with zero attached hydrogens (tertiary/aromatic N) is 1. The van der Waals surface area contributed by atoms with Gasteiger partial charge in [-0.3, -0.25) is 9.59 Å². The normalized spacial score (nSPS) is 10.7. The van der Waals surface area contributed by atoms with E-state index in [1.165, 1.54) is 36.6 Å². The van der Waals surface area contributed by atoms with E-state index in [1.807, 2.05) is 19.1 Å². The SMILES string of the molecule is COc1ccc(C(=O)OCC(=O)c2ccc(Cl)cc2)cc1NC(=O)c1sc2nc(C)ccc2c1N. The Hall–Kier alpha value is -3.95. The topological polar surface area (TPSA) is 121 Å². The molecule has 2 heterocycles. The van der Waals surface area contributed by atoms with Crippen molar-refractivity contribution in [1.82, 2.24) is 4.98 Å². The predicted molar refractivity (Wildman–Crippen MR) is 136 cm³/mol. The fourth-order valence-corrected chi connectivity index (χ4v) is 4.46. The third-order valence-corrected chi connectivity index (χ3v) is 6.49. The molecule has 0 atom stereocenters. The van der Waals surface area contributed by atoms with Crippen LogP contribution in [0.5, 0.6) is 5.75 Å². The van der Waals surface area contributed by atoms with Gasteiger partial charge in [0.25, 0.3) is 5.91 Å². The quantitative estimate of drug-likeness (QED) is 0.261. The monoisotopic (exact) mass is 509 g/mol. The Labute approximate surface area is 209 Å². The highest BCUT2D eigenvalue weighted by Gasteiger charge is 2.20. The number of hydrogen-bond acceptors (Lipinski definition) is 8. The van der Waals surface area contributed by atoms with Gasteiger partial charge in [0.1, 0.15) is 15.5 Å². The molecule has 178 valence electrons. The minimum Gasteiger partial charge on any atom is -0.495 e. The Morgan fingerprint density at radius 2 is 1.77 bits per heavy atom. The number of pyridine rings is 1. The average Bonchev–Trinajstić information content (AvgIpc) is 3.18. The summed E-state index contributed by atoms with van der Waals surface area (Å²) in [5.41, 5.74) is 8.07. The number of nitrogen functional groups attached to an aromatic ring is 1. The number of ether oxygens (including phenoxy) is 2. The highest BCUT2D eigenvalue weighted by molar-refractivity contribution is 7.21. The van der Waals surface area contributed by atoms with Gasteiger partial charge in [0.2, 0.25) is 0 Å². The van der Waals surface area contributed by atoms with Gasteiger partial charge in [-0.05, 0) is 61.5 Å². The second-order valence-corrected chi connectivity index (χ2v) is 8.96. The van der Waals surface area contributed by atoms with Crippen LogP contribution in [0.4, 0.5) is 11.4 Å². The Morgan fingerprint density at radius 3 is 2.49 bits per heavy atom. The van der Waals surface area contributed by atoms with Crippen LogP contribution in [0.1, 0.15) is 36.1 Å². The van der Waals surface area contributed by atoms with E-state index in [1.54, 1.807) is 24.3 Å². The lowest BCUT2D eigenvalue weighted by molar-refractivity contribution is 0.0474. The van der Waals surface area contributed by atoms with Crippen LogP contribution >= 0.6 is 22.9 Å². The third-order valence-electron chi connectivity index (χ3n) is 5.12. The van der Waals surface area contributed by atoms with Crippen LogP contribution in [0.15, 0.2) is 54.6 Å². The molecule has 0 radical (unpaired) electrons. The highest BCUT2D eigenvalue weighted by atomic mass is 35.5. The lowest BCUT2D eigenvalue weighted by atomic mass is 10.1. The number of aryl methyl sites for hydroxylation is 1. The van der Waals surface area contributed by atoms with Crippen molar-refractivity contribution in [1.29, 1.82) is 0 Å². The molecule has 10 heteroatoms. The van der Waals surface area contributed by atoms with Gasteiger partial charge in [0, 0.05) is 21.7 Å². The minimum absolute atomic E-state index is 0.131. The summed E-state index contributed by atoms with van der Waals surface area (Å²) in [6.07, 6.45) is 0. The van der Waals surface area contributed by atoms with E-state index in [2.05, 4.69) is 10.3 Å². The van der Waals surface area contributed by atoms with Crippen molar-refractivity contribution in [3.63, 3.8) is 0 Å². The fourth-order valence-electron chi connectivity index (χ4n) is 3.30. The van der Waals surface area contributed by atoms with Gasteiger partial charge in [0.05, 0.1) is 24.0 Å². The molecule has 0 spiro atoms. The van der Waals surface area contributed by atoms with Crippen LogP contribution in [0.3, 0.4) is 0 Å². The molecule has 0 unspecified atom stereocenters. The van der Waals surface area contributed by atoms with Crippen LogP contribution < -0.4 is 15.8 Å². The number of hydrogen-bond donors (Lipinski definition) is 2. The summed E-state index contributed by atoms with van der Waals surface area (Å²) in [6.45, 7) is 1.41. The van der Waals surface area contributed by atoms with Gasteiger partial charge >= 0.3 is 5.97 Å². The van der Waals surface area contributed by atoms with Gasteiger partial charge in [-0.25, -0.2) is 9.78 Å². The largest absolute Gasteiger partial charge is 0.495 e. The number of anilines is 2. The third kappa shape index (κ3) is 5.26. The number of methoxy groups -OCH3 is 1. The van der Waals surface area contributed by atoms with Crippen LogP contribution in [-0.2, 0) is 4.74 Å². The molecule has 35 heavy (non-hydrogen) atoms. The zero-order chi connectivity index (χ0) is 25.1. The summed E-state index contributed by atoms with van der Waals surface area (Å²) in [4.78, 5) is 43.2. The van der Waals surface area contributed by atoms with Crippen molar-refractivity contribution in [3.8, 4) is 5.75 Å². The molecular weight excluding hydrogens is 490 g/mol. The molecule has 0 bridgehead atoms. The van der Waals surface area contributed by atoms with Crippen molar-refractivity contribution >= 4 is 62.2 Å². The Bertz CT molecular complexity index is 1450. The number of thiophene rings is 1. The number of carbonyl (C=O) groups excluding carboxylic acids is 3. The number of benzene rings is 2. The molecule has 0 aliphatic carbocycles. The van der Waals surface area contributed by atoms with Crippen LogP contribution in [0.2, 0.25) is 5.02 Å². The second kappa shape index (κ2) is 10.1. The first kappa shape index (κ1) is 24.2. The molecule has 0 aliphatic heterocycles. The molecule has 3 N–H and O–H groups in total. The number of esters is 1. The highest BCUT2D eigenvalue weighted by Crippen LogP contribution is 2.34. The van der Waals surface area contributed by atoms with E-state index < -0.39 is 18.5 Å². The van der Waals surface area contributed by atoms with Crippen molar-refractivity contribution in [2.45, 2.75) is 6.92 Å². The van der Waals surface area contributed by atoms with E-state index in [0.717, 1.165) is 5.69 Å². The summed E-state index contributed by atoms with van der Waals surface area (Å²) in [5, 5.41) is 3.93. The number of rotatable bonds is 7. The van der Waals surface area contributed by atoms with Gasteiger partial charge in [0.15, 0.2) is 12.4 Å². The molecule has 2 aromatic carbocycles. The van der Waals surface area contributed by atoms with Gasteiger partial charge < -0.3 is 20.5 Å². The zero-order valence-electron chi connectivity index (χ0n) is 18.8. The maximum Gasteiger partial charge on any atom is 0.338 e. The zero-order valence-corrected chi connectivity index (χ0v) is 20.3. The van der Waals surface area contributed by atoms with Crippen molar-refractivity contribution in [2.75, 3.05) is 24.8 Å². The fraction of sp³-hybridized carbons (Fsp3) is 0.120. The van der Waals surface area contributed by atoms with E-state index >= 15 is 0 Å². The standard InChI is InChI=1S/C25H20ClN3O5S/c1-13-3-9-17-21(27)22(35-24(17)28-13)23(31)29-18-11-15(6-10-20(18)33-2)25(32)34-12-19(30)14-4-7-16(26)8-5-14/h3-11H,12,27H2,1-2H3,(H,29,31). The maximum absolute atomic E-state index is 13.0. The molecule has 4 rings (SSSR count). The van der Waals surface area contributed by atoms with Crippen molar-refractivity contribution in [2.24, 2.45) is 0 Å². The first-order valence-corrected chi connectivity index (χ1v) is 11.6. The van der Waals surface area contributed by atoms with E-state index in [0.29, 0.717) is 37.1 Å². The molecule has 4 aromatic rings. The van der Waals surface area contributed by atoms with Crippen LogP contribution in [0.25, 0.3) is 10.2 Å². The molecular formula is C25H20ClN3O5S. The maximum atomic E-state index is 13.0. The Kier molecular flexibility index (Phi) is 6.99. The molecule has 0 saturated heterocycles. The van der Waals surface area contributed by atoms with Crippen LogP contribution in [0, 0.1) is 6.92 Å². The number of aromatic nitrogens is 1. The summed E-state index contributed by atoms with van der Waals surface area (Å²) in [6, 6.07) is 14.3. The number of ketones is 1. The minimum atomic E-state index is -0.730. The molecule has 0 aliphatic rings. The first-order chi connectivity index (χ1) is 16.8. The van der Waals surface area contributed by atoms with E-state index in [-0.39, 0.29) is 17.0 Å². The lowest BCUT2D eigenvalue weighted by Gasteiger charge is -2.12. The van der Waals surface area contributed by atoms with Crippen molar-refractivity contribution in [3.05, 3.63) is 81.3 Å². The molecule has 0 saturated carbocycles. The average molecular weight is 510 g/mol. The summed E-state index contributed by atoms with van der Waals surface area (Å²) in [5.74, 6) is -1.24. The summed E-state index contributed by atoms with van der Waals surface area (Å²) < 4.78 is 10.5. The van der Waals surface area contributed by atoms with Gasteiger partial charge in [-0.15, -0.1) is 11.3 Å². The van der Waals surface area contributed by atoms with Gasteiger partial charge in [-0.2, -0.15) is 0 Å². The Morgan fingerprint density at radius 1 is 1.06 bits per heavy atom. The van der Waals surface area contributed by atoms with Crippen LogP contribution in [-0.4, -0.2) is 36.4 Å². The number of nitrogens with one attached hydrogen (secondary N) is 1. The summed E-state index contributed by atoms with van der Waals surface area (Å²) >= 11 is 7.00. The number of fused-ring (bicyclic) bond motifs is 1. The van der Waals surface area contributed by atoms with E-state index in [4.69, 9.17) is 26.8 Å². The molecule has 8 nitrogen and oxygen atoms in total. The predicted octanol–water partition coefficient (Wildman–Crippen LogP) is 5.14. The Balaban J connectivity index is 1.51. The second-order valence-electron chi connectivity index (χ2n) is 7.53. The first-order valence-electron chi connectivity index (χ1n) is 10.4. The molecule has 2 aromatic heterocycles. The molecule has 1 amide bonds. The number of nitrogens with two attached hydrogens (primary N) is 1. The smallest absolute Gasteiger partial charge is 0.338 e. The number of carbonyl (C=O) groups is 3. The van der Waals surface area contributed by atoms with Gasteiger partial charge in [-0.1, -0.05) is 11.6 Å². The van der Waals surface area contributed by atoms with Crippen molar-refractivity contribution < 1.29 is 23.9 Å². The molecule has 0 fully saturated rings. The number of Topliss-reactive ketones (excluding diaryl/α,β-unsaturated/α-hetero) is 1.